The molecule has 3 rings (SSSR count). The Morgan fingerprint density at radius 2 is 2.15 bits per heavy atom. The van der Waals surface area contributed by atoms with Gasteiger partial charge in [0.2, 0.25) is 11.8 Å². The first-order valence-corrected chi connectivity index (χ1v) is 9.19. The molecule has 0 saturated carbocycles. The fourth-order valence-corrected chi connectivity index (χ4v) is 3.28. The Kier molecular flexibility index (Phi) is 5.56. The second kappa shape index (κ2) is 7.86. The van der Waals surface area contributed by atoms with Crippen molar-refractivity contribution in [2.75, 3.05) is 30.4 Å². The molecular formula is C19H21BrN4O2. The van der Waals surface area contributed by atoms with Crippen molar-refractivity contribution in [2.45, 2.75) is 13.0 Å². The number of nitrogens with zero attached hydrogens (tertiary/aromatic N) is 3. The Morgan fingerprint density at radius 1 is 1.35 bits per heavy atom. The minimum absolute atomic E-state index is 0.0275. The first-order chi connectivity index (χ1) is 12.4. The molecule has 26 heavy (non-hydrogen) atoms. The smallest absolute Gasteiger partial charge is 0.227 e. The fraction of sp³-hybridized carbons (Fsp3) is 0.316. The van der Waals surface area contributed by atoms with Gasteiger partial charge in [0, 0.05) is 50.0 Å². The van der Waals surface area contributed by atoms with E-state index in [4.69, 9.17) is 0 Å². The molecule has 0 aliphatic carbocycles. The van der Waals surface area contributed by atoms with E-state index in [0.717, 1.165) is 21.5 Å². The van der Waals surface area contributed by atoms with Gasteiger partial charge in [-0.1, -0.05) is 28.1 Å². The number of pyridine rings is 1. The zero-order valence-electron chi connectivity index (χ0n) is 14.8. The third-order valence-electron chi connectivity index (χ3n) is 4.35. The van der Waals surface area contributed by atoms with Crippen molar-refractivity contribution in [3.8, 4) is 0 Å². The van der Waals surface area contributed by atoms with E-state index >= 15 is 0 Å². The number of benzene rings is 1. The number of hydrogen-bond acceptors (Lipinski definition) is 4. The van der Waals surface area contributed by atoms with Crippen LogP contribution in [-0.4, -0.2) is 37.4 Å². The van der Waals surface area contributed by atoms with Crippen molar-refractivity contribution in [3.05, 3.63) is 52.6 Å². The van der Waals surface area contributed by atoms with Crippen LogP contribution in [0.15, 0.2) is 47.1 Å². The molecule has 6 nitrogen and oxygen atoms in total. The van der Waals surface area contributed by atoms with Gasteiger partial charge in [0.1, 0.15) is 5.82 Å². The molecule has 0 spiro atoms. The van der Waals surface area contributed by atoms with E-state index in [-0.39, 0.29) is 24.2 Å². The van der Waals surface area contributed by atoms with E-state index in [0.29, 0.717) is 13.1 Å². The van der Waals surface area contributed by atoms with Gasteiger partial charge < -0.3 is 15.1 Å². The van der Waals surface area contributed by atoms with Crippen LogP contribution < -0.4 is 15.1 Å². The monoisotopic (exact) mass is 416 g/mol. The highest BCUT2D eigenvalue weighted by atomic mass is 79.9. The van der Waals surface area contributed by atoms with Crippen LogP contribution in [0.1, 0.15) is 12.0 Å². The zero-order valence-corrected chi connectivity index (χ0v) is 16.4. The van der Waals surface area contributed by atoms with Crippen LogP contribution in [0.3, 0.4) is 0 Å². The Balaban J connectivity index is 1.58. The summed E-state index contributed by atoms with van der Waals surface area (Å²) in [5.41, 5.74) is 1.74. The van der Waals surface area contributed by atoms with Gasteiger partial charge in [-0.25, -0.2) is 4.98 Å². The molecule has 7 heteroatoms. The number of carbonyl (C=O) groups excluding carboxylic acids is 2. The summed E-state index contributed by atoms with van der Waals surface area (Å²) in [6, 6.07) is 11.4. The Morgan fingerprint density at radius 3 is 2.81 bits per heavy atom. The predicted molar refractivity (Wildman–Crippen MR) is 105 cm³/mol. The largest absolute Gasteiger partial charge is 0.363 e. The summed E-state index contributed by atoms with van der Waals surface area (Å²) in [4.78, 5) is 32.7. The molecule has 0 bridgehead atoms. The lowest BCUT2D eigenvalue weighted by molar-refractivity contribution is -0.126. The molecule has 2 amide bonds. The number of hydrogen-bond donors (Lipinski definition) is 1. The predicted octanol–water partition coefficient (Wildman–Crippen LogP) is 2.58. The number of nitrogens with one attached hydrogen (secondary N) is 1. The lowest BCUT2D eigenvalue weighted by Crippen LogP contribution is -2.32. The Hall–Kier alpha value is -2.41. The maximum absolute atomic E-state index is 12.5. The summed E-state index contributed by atoms with van der Waals surface area (Å²) >= 11 is 3.41. The van der Waals surface area contributed by atoms with Gasteiger partial charge in [-0.15, -0.1) is 0 Å². The van der Waals surface area contributed by atoms with E-state index in [9.17, 15) is 9.59 Å². The van der Waals surface area contributed by atoms with Crippen molar-refractivity contribution >= 4 is 39.2 Å². The second-order valence-corrected chi connectivity index (χ2v) is 7.44. The van der Waals surface area contributed by atoms with Crippen LogP contribution in [0, 0.1) is 5.92 Å². The average Bonchev–Trinajstić information content (AvgIpc) is 3.02. The lowest BCUT2D eigenvalue weighted by Gasteiger charge is -2.17. The van der Waals surface area contributed by atoms with Crippen molar-refractivity contribution in [1.82, 2.24) is 10.3 Å². The molecule has 2 aromatic rings. The van der Waals surface area contributed by atoms with Crippen molar-refractivity contribution in [3.63, 3.8) is 0 Å². The van der Waals surface area contributed by atoms with Crippen molar-refractivity contribution in [1.29, 1.82) is 0 Å². The average molecular weight is 417 g/mol. The number of rotatable bonds is 5. The fourth-order valence-electron chi connectivity index (χ4n) is 2.90. The first kappa shape index (κ1) is 18.4. The summed E-state index contributed by atoms with van der Waals surface area (Å²) in [7, 11) is 3.86. The molecule has 1 N–H and O–H groups in total. The van der Waals surface area contributed by atoms with Crippen LogP contribution in [0.4, 0.5) is 11.5 Å². The van der Waals surface area contributed by atoms with Gasteiger partial charge in [-0.2, -0.15) is 0 Å². The molecule has 1 aromatic carbocycles. The molecule has 1 aromatic heterocycles. The number of anilines is 2. The van der Waals surface area contributed by atoms with E-state index in [1.165, 1.54) is 0 Å². The number of halogens is 1. The molecule has 1 atom stereocenters. The molecule has 0 radical (unpaired) electrons. The van der Waals surface area contributed by atoms with Gasteiger partial charge in [-0.05, 0) is 29.8 Å². The number of aromatic nitrogens is 1. The number of amides is 2. The Bertz CT molecular complexity index is 807. The van der Waals surface area contributed by atoms with Crippen LogP contribution in [0.5, 0.6) is 0 Å². The van der Waals surface area contributed by atoms with E-state index in [1.807, 2.05) is 55.4 Å². The third kappa shape index (κ3) is 4.22. The highest BCUT2D eigenvalue weighted by Gasteiger charge is 2.35. The standard InChI is InChI=1S/C19H21BrN4O2/c1-23(2)17-7-6-13(10-21-17)11-22-19(26)14-8-18(25)24(12-14)16-5-3-4-15(20)9-16/h3-7,9-10,14H,8,11-12H2,1-2H3,(H,22,26). The van der Waals surface area contributed by atoms with Crippen LogP contribution >= 0.6 is 15.9 Å². The van der Waals surface area contributed by atoms with E-state index in [1.54, 1.807) is 11.1 Å². The van der Waals surface area contributed by atoms with Crippen LogP contribution in [0.2, 0.25) is 0 Å². The molecule has 1 fully saturated rings. The van der Waals surface area contributed by atoms with Crippen LogP contribution in [-0.2, 0) is 16.1 Å². The van der Waals surface area contributed by atoms with Gasteiger partial charge in [-0.3, -0.25) is 9.59 Å². The Labute approximate surface area is 161 Å². The highest BCUT2D eigenvalue weighted by Crippen LogP contribution is 2.27. The molecule has 1 unspecified atom stereocenters. The first-order valence-electron chi connectivity index (χ1n) is 8.40. The zero-order chi connectivity index (χ0) is 18.7. The maximum Gasteiger partial charge on any atom is 0.227 e. The third-order valence-corrected chi connectivity index (χ3v) is 4.84. The SMILES string of the molecule is CN(C)c1ccc(CNC(=O)C2CC(=O)N(c3cccc(Br)c3)C2)cn1. The summed E-state index contributed by atoms with van der Waals surface area (Å²) in [6.07, 6.45) is 1.99. The molecular weight excluding hydrogens is 396 g/mol. The van der Waals surface area contributed by atoms with Gasteiger partial charge in [0.25, 0.3) is 0 Å². The molecule has 1 saturated heterocycles. The van der Waals surface area contributed by atoms with Crippen LogP contribution in [0.25, 0.3) is 0 Å². The maximum atomic E-state index is 12.5. The minimum Gasteiger partial charge on any atom is -0.363 e. The summed E-state index contributed by atoms with van der Waals surface area (Å²) in [6.45, 7) is 0.806. The topological polar surface area (TPSA) is 65.5 Å². The molecule has 1 aliphatic heterocycles. The lowest BCUT2D eigenvalue weighted by atomic mass is 10.1. The second-order valence-electron chi connectivity index (χ2n) is 6.52. The molecule has 2 heterocycles. The van der Waals surface area contributed by atoms with E-state index < -0.39 is 0 Å². The van der Waals surface area contributed by atoms with Crippen molar-refractivity contribution < 1.29 is 9.59 Å². The quantitative estimate of drug-likeness (QED) is 0.813. The normalized spacial score (nSPS) is 16.7. The summed E-state index contributed by atoms with van der Waals surface area (Å²) in [5.74, 6) is 0.398. The summed E-state index contributed by atoms with van der Waals surface area (Å²) < 4.78 is 0.907. The number of carbonyl (C=O) groups is 2. The van der Waals surface area contributed by atoms with E-state index in [2.05, 4.69) is 26.2 Å². The van der Waals surface area contributed by atoms with Crippen molar-refractivity contribution in [2.24, 2.45) is 5.92 Å². The summed E-state index contributed by atoms with van der Waals surface area (Å²) in [5, 5.41) is 2.91. The minimum atomic E-state index is -0.338. The van der Waals surface area contributed by atoms with Gasteiger partial charge in [0.05, 0.1) is 5.92 Å². The van der Waals surface area contributed by atoms with Gasteiger partial charge >= 0.3 is 0 Å². The molecule has 136 valence electrons. The highest BCUT2D eigenvalue weighted by molar-refractivity contribution is 9.10. The molecule has 1 aliphatic rings. The van der Waals surface area contributed by atoms with Gasteiger partial charge in [0.15, 0.2) is 0 Å².